The fourth-order valence-electron chi connectivity index (χ4n) is 6.13. The molecule has 0 radical (unpaired) electrons. The van der Waals surface area contributed by atoms with Crippen LogP contribution in [0.5, 0.6) is 0 Å². The van der Waals surface area contributed by atoms with E-state index in [0.29, 0.717) is 5.56 Å². The normalized spacial score (nSPS) is 32.5. The molecule has 7 unspecified atom stereocenters. The zero-order chi connectivity index (χ0) is 24.3. The smallest absolute Gasteiger partial charge is 0.246 e. The van der Waals surface area contributed by atoms with Gasteiger partial charge >= 0.3 is 0 Å². The van der Waals surface area contributed by atoms with Crippen LogP contribution < -0.4 is 10.6 Å². The summed E-state index contributed by atoms with van der Waals surface area (Å²) in [4.78, 5) is 24.9. The third-order valence-corrected chi connectivity index (χ3v) is 7.95. The van der Waals surface area contributed by atoms with Crippen LogP contribution in [0.3, 0.4) is 0 Å². The Morgan fingerprint density at radius 3 is 2.48 bits per heavy atom. The van der Waals surface area contributed by atoms with Crippen molar-refractivity contribution in [2.45, 2.75) is 65.1 Å². The first kappa shape index (κ1) is 25.6. The van der Waals surface area contributed by atoms with Gasteiger partial charge in [-0.1, -0.05) is 20.8 Å². The maximum atomic E-state index is 13.4. The van der Waals surface area contributed by atoms with Crippen LogP contribution in [0.1, 0.15) is 52.0 Å². The number of benzene rings is 1. The van der Waals surface area contributed by atoms with E-state index in [1.807, 2.05) is 0 Å². The molecule has 0 aliphatic heterocycles. The lowest BCUT2D eigenvalue weighted by atomic mass is 9.51. The minimum Gasteiger partial charge on any atom is -0.392 e. The molecule has 184 valence electrons. The molecule has 2 aliphatic rings. The number of amides is 2. The summed E-state index contributed by atoms with van der Waals surface area (Å²) in [5.74, 6) is -2.48. The summed E-state index contributed by atoms with van der Waals surface area (Å²) < 4.78 is 31.8. The lowest BCUT2D eigenvalue weighted by molar-refractivity contribution is -0.144. The Morgan fingerprint density at radius 1 is 1.21 bits per heavy atom. The van der Waals surface area contributed by atoms with Crippen LogP contribution in [0, 0.1) is 40.7 Å². The van der Waals surface area contributed by atoms with Crippen molar-refractivity contribution in [1.82, 2.24) is 10.6 Å². The second kappa shape index (κ2) is 10.5. The summed E-state index contributed by atoms with van der Waals surface area (Å²) in [5.41, 5.74) is 0.299. The standard InChI is InChI=1S/C25H36F2N2O4/c1-14(24(32)28-12-16-9-17(26)11-18(27)10-16)19-5-7-25(3)8-6-20(29-21(30)13-33-4)15(2)22(25)23(19)31/h9-11,14-15,19-20,22-23,31H,5-8,12-13H2,1-4H3,(H,28,32)(H,29,30). The van der Waals surface area contributed by atoms with E-state index in [0.717, 1.165) is 31.7 Å². The van der Waals surface area contributed by atoms with E-state index in [9.17, 15) is 23.5 Å². The predicted molar refractivity (Wildman–Crippen MR) is 120 cm³/mol. The second-order valence-electron chi connectivity index (χ2n) is 10.2. The van der Waals surface area contributed by atoms with Gasteiger partial charge in [-0.25, -0.2) is 8.78 Å². The number of aliphatic hydroxyl groups excluding tert-OH is 1. The Balaban J connectivity index is 1.66. The highest BCUT2D eigenvalue weighted by Crippen LogP contribution is 2.55. The molecule has 0 spiro atoms. The Morgan fingerprint density at radius 2 is 1.85 bits per heavy atom. The first-order chi connectivity index (χ1) is 15.6. The van der Waals surface area contributed by atoms with Crippen molar-refractivity contribution >= 4 is 11.8 Å². The fourth-order valence-corrected chi connectivity index (χ4v) is 6.13. The van der Waals surface area contributed by atoms with Crippen molar-refractivity contribution in [2.75, 3.05) is 13.7 Å². The van der Waals surface area contributed by atoms with Crippen LogP contribution in [0.15, 0.2) is 18.2 Å². The number of carbonyl (C=O) groups is 2. The molecule has 2 fully saturated rings. The van der Waals surface area contributed by atoms with Crippen LogP contribution in [0.25, 0.3) is 0 Å². The van der Waals surface area contributed by atoms with Gasteiger partial charge in [0.2, 0.25) is 11.8 Å². The maximum absolute atomic E-state index is 13.4. The van der Waals surface area contributed by atoms with Crippen molar-refractivity contribution < 1.29 is 28.2 Å². The number of hydrogen-bond acceptors (Lipinski definition) is 4. The van der Waals surface area contributed by atoms with Crippen molar-refractivity contribution in [2.24, 2.45) is 29.1 Å². The van der Waals surface area contributed by atoms with Gasteiger partial charge in [0.1, 0.15) is 18.2 Å². The molecule has 2 saturated carbocycles. The molecule has 8 heteroatoms. The molecule has 0 bridgehead atoms. The van der Waals surface area contributed by atoms with Gasteiger partial charge in [0, 0.05) is 31.7 Å². The van der Waals surface area contributed by atoms with Crippen LogP contribution >= 0.6 is 0 Å². The molecule has 2 amide bonds. The monoisotopic (exact) mass is 466 g/mol. The minimum absolute atomic E-state index is 0.00273. The summed E-state index contributed by atoms with van der Waals surface area (Å²) in [6.07, 6.45) is 2.68. The van der Waals surface area contributed by atoms with E-state index in [2.05, 4.69) is 24.5 Å². The third kappa shape index (κ3) is 5.72. The number of rotatable bonds is 7. The Bertz CT molecular complexity index is 847. The number of fused-ring (bicyclic) bond motifs is 1. The summed E-state index contributed by atoms with van der Waals surface area (Å²) in [7, 11) is 1.48. The highest BCUT2D eigenvalue weighted by Gasteiger charge is 2.53. The Labute approximate surface area is 194 Å². The number of aliphatic hydroxyl groups is 1. The van der Waals surface area contributed by atoms with Crippen LogP contribution in [-0.4, -0.2) is 42.8 Å². The van der Waals surface area contributed by atoms with E-state index < -0.39 is 23.7 Å². The molecule has 1 aromatic carbocycles. The fraction of sp³-hybridized carbons (Fsp3) is 0.680. The lowest BCUT2D eigenvalue weighted by Crippen LogP contribution is -2.58. The average Bonchev–Trinajstić information content (AvgIpc) is 2.73. The zero-order valence-electron chi connectivity index (χ0n) is 19.9. The van der Waals surface area contributed by atoms with Gasteiger partial charge < -0.3 is 20.5 Å². The molecule has 33 heavy (non-hydrogen) atoms. The first-order valence-electron chi connectivity index (χ1n) is 11.7. The average molecular weight is 467 g/mol. The van der Waals surface area contributed by atoms with Gasteiger partial charge in [0.15, 0.2) is 0 Å². The predicted octanol–water partition coefficient (Wildman–Crippen LogP) is 3.17. The molecule has 2 aliphatic carbocycles. The molecule has 3 N–H and O–H groups in total. The highest BCUT2D eigenvalue weighted by molar-refractivity contribution is 5.78. The number of hydrogen-bond donors (Lipinski definition) is 3. The zero-order valence-corrected chi connectivity index (χ0v) is 19.9. The minimum atomic E-state index is -0.687. The van der Waals surface area contributed by atoms with Gasteiger partial charge in [-0.15, -0.1) is 0 Å². The summed E-state index contributed by atoms with van der Waals surface area (Å²) in [5, 5.41) is 17.2. The quantitative estimate of drug-likeness (QED) is 0.576. The molecular weight excluding hydrogens is 430 g/mol. The number of methoxy groups -OCH3 is 1. The van der Waals surface area contributed by atoms with Gasteiger partial charge in [-0.2, -0.15) is 0 Å². The third-order valence-electron chi connectivity index (χ3n) is 7.95. The van der Waals surface area contributed by atoms with Gasteiger partial charge in [0.25, 0.3) is 0 Å². The second-order valence-corrected chi connectivity index (χ2v) is 10.2. The summed E-state index contributed by atoms with van der Waals surface area (Å²) in [6, 6.07) is 3.12. The van der Waals surface area contributed by atoms with Crippen LogP contribution in [0.2, 0.25) is 0 Å². The number of nitrogens with one attached hydrogen (secondary N) is 2. The van der Waals surface area contributed by atoms with Gasteiger partial charge in [-0.3, -0.25) is 9.59 Å². The molecule has 1 aromatic rings. The SMILES string of the molecule is COCC(=O)NC1CCC2(C)CCC(C(C)C(=O)NCc3cc(F)cc(F)c3)C(O)C2C1C. The number of ether oxygens (including phenoxy) is 1. The summed E-state index contributed by atoms with van der Waals surface area (Å²) in [6.45, 7) is 6.08. The Kier molecular flexibility index (Phi) is 8.11. The van der Waals surface area contributed by atoms with Crippen molar-refractivity contribution in [3.05, 3.63) is 35.4 Å². The van der Waals surface area contributed by atoms with E-state index in [-0.39, 0.29) is 54.2 Å². The van der Waals surface area contributed by atoms with Gasteiger partial charge in [0.05, 0.1) is 6.10 Å². The van der Waals surface area contributed by atoms with Gasteiger partial charge in [-0.05, 0) is 66.5 Å². The van der Waals surface area contributed by atoms with Crippen molar-refractivity contribution in [1.29, 1.82) is 0 Å². The molecule has 6 nitrogen and oxygen atoms in total. The Hall–Kier alpha value is -2.06. The largest absolute Gasteiger partial charge is 0.392 e. The molecule has 0 heterocycles. The molecule has 0 saturated heterocycles. The van der Waals surface area contributed by atoms with E-state index in [4.69, 9.17) is 4.74 Å². The van der Waals surface area contributed by atoms with Crippen molar-refractivity contribution in [3.63, 3.8) is 0 Å². The van der Waals surface area contributed by atoms with E-state index >= 15 is 0 Å². The van der Waals surface area contributed by atoms with Crippen molar-refractivity contribution in [3.8, 4) is 0 Å². The first-order valence-corrected chi connectivity index (χ1v) is 11.7. The number of halogens is 2. The van der Waals surface area contributed by atoms with E-state index in [1.54, 1.807) is 6.92 Å². The lowest BCUT2D eigenvalue weighted by Gasteiger charge is -2.56. The molecule has 3 rings (SSSR count). The summed E-state index contributed by atoms with van der Waals surface area (Å²) >= 11 is 0. The topological polar surface area (TPSA) is 87.7 Å². The molecule has 0 aromatic heterocycles. The van der Waals surface area contributed by atoms with Crippen LogP contribution in [-0.2, 0) is 20.9 Å². The van der Waals surface area contributed by atoms with E-state index in [1.165, 1.54) is 19.2 Å². The molecular formula is C25H36F2N2O4. The molecule has 7 atom stereocenters. The highest BCUT2D eigenvalue weighted by atomic mass is 19.1. The van der Waals surface area contributed by atoms with Crippen LogP contribution in [0.4, 0.5) is 8.78 Å². The maximum Gasteiger partial charge on any atom is 0.246 e. The number of carbonyl (C=O) groups excluding carboxylic acids is 2.